The Bertz CT molecular complexity index is 829. The van der Waals surface area contributed by atoms with E-state index in [0.29, 0.717) is 6.04 Å². The third-order valence-electron chi connectivity index (χ3n) is 5.07. The zero-order valence-corrected chi connectivity index (χ0v) is 16.6. The summed E-state index contributed by atoms with van der Waals surface area (Å²) in [5, 5.41) is 5.18. The molecular formula is C21H24BrClN2. The normalized spacial score (nSPS) is 16.9. The summed E-state index contributed by atoms with van der Waals surface area (Å²) in [6.45, 7) is 1.02. The molecule has 4 rings (SSSR count). The van der Waals surface area contributed by atoms with Crippen LogP contribution in [0.15, 0.2) is 53.0 Å². The van der Waals surface area contributed by atoms with Crippen LogP contribution in [0.25, 0.3) is 10.9 Å². The maximum Gasteiger partial charge on any atom is 0.0476 e. The molecule has 2 aromatic carbocycles. The highest BCUT2D eigenvalue weighted by atomic mass is 79.9. The molecule has 0 spiro atoms. The van der Waals surface area contributed by atoms with E-state index < -0.39 is 0 Å². The molecule has 0 radical (unpaired) electrons. The number of aromatic amines is 1. The number of halogens is 2. The van der Waals surface area contributed by atoms with Crippen LogP contribution in [-0.4, -0.2) is 11.5 Å². The van der Waals surface area contributed by atoms with Gasteiger partial charge in [-0.05, 0) is 61.6 Å². The van der Waals surface area contributed by atoms with E-state index in [4.69, 9.17) is 0 Å². The van der Waals surface area contributed by atoms with Gasteiger partial charge in [-0.15, -0.1) is 12.4 Å². The molecule has 1 aromatic heterocycles. The molecule has 132 valence electrons. The summed E-state index contributed by atoms with van der Waals surface area (Å²) >= 11 is 3.62. The molecule has 2 N–H and O–H groups in total. The smallest absolute Gasteiger partial charge is 0.0476 e. The summed E-state index contributed by atoms with van der Waals surface area (Å²) in [4.78, 5) is 3.70. The summed E-state index contributed by atoms with van der Waals surface area (Å²) in [6, 6.07) is 17.8. The van der Waals surface area contributed by atoms with Gasteiger partial charge in [0.25, 0.3) is 0 Å². The first-order valence-electron chi connectivity index (χ1n) is 8.88. The monoisotopic (exact) mass is 418 g/mol. The first kappa shape index (κ1) is 18.5. The summed E-state index contributed by atoms with van der Waals surface area (Å²) in [7, 11) is 0. The van der Waals surface area contributed by atoms with Gasteiger partial charge in [0.15, 0.2) is 0 Å². The quantitative estimate of drug-likeness (QED) is 0.502. The number of nitrogens with one attached hydrogen (secondary N) is 2. The second-order valence-corrected chi connectivity index (χ2v) is 7.61. The van der Waals surface area contributed by atoms with Gasteiger partial charge in [-0.3, -0.25) is 0 Å². The van der Waals surface area contributed by atoms with Crippen LogP contribution in [-0.2, 0) is 12.8 Å². The van der Waals surface area contributed by atoms with Crippen LogP contribution in [0.1, 0.15) is 42.1 Å². The van der Waals surface area contributed by atoms with Crippen LogP contribution in [0, 0.1) is 0 Å². The lowest BCUT2D eigenvalue weighted by molar-refractivity contribution is 0.485. The van der Waals surface area contributed by atoms with E-state index in [2.05, 4.69) is 74.8 Å². The third-order valence-corrected chi connectivity index (χ3v) is 5.56. The predicted molar refractivity (Wildman–Crippen MR) is 112 cm³/mol. The standard InChI is InChI=1S/C21H23BrN2.ClH/c22-16-10-11-19-18(14-16)17-8-4-5-9-20(21(17)24-19)23-13-12-15-6-2-1-3-7-15;/h1-3,6-7,10-11,14,20,23-24H,4-5,8-9,12-13H2;1H. The van der Waals surface area contributed by atoms with Crippen LogP contribution in [0.4, 0.5) is 0 Å². The summed E-state index contributed by atoms with van der Waals surface area (Å²) < 4.78 is 1.16. The second kappa shape index (κ2) is 8.39. The van der Waals surface area contributed by atoms with Crippen molar-refractivity contribution in [3.05, 3.63) is 69.8 Å². The lowest BCUT2D eigenvalue weighted by Gasteiger charge is -2.17. The minimum absolute atomic E-state index is 0. The van der Waals surface area contributed by atoms with Crippen molar-refractivity contribution >= 4 is 39.2 Å². The fourth-order valence-corrected chi connectivity index (χ4v) is 4.20. The maximum atomic E-state index is 3.80. The Balaban J connectivity index is 0.00000182. The third kappa shape index (κ3) is 4.11. The fraction of sp³-hybridized carbons (Fsp3) is 0.333. The fourth-order valence-electron chi connectivity index (χ4n) is 3.84. The molecule has 0 amide bonds. The molecule has 1 heterocycles. The van der Waals surface area contributed by atoms with Gasteiger partial charge in [-0.2, -0.15) is 0 Å². The van der Waals surface area contributed by atoms with Crippen LogP contribution in [0.3, 0.4) is 0 Å². The van der Waals surface area contributed by atoms with Crippen molar-refractivity contribution in [2.75, 3.05) is 6.54 Å². The van der Waals surface area contributed by atoms with E-state index in [1.165, 1.54) is 53.4 Å². The molecule has 1 atom stereocenters. The van der Waals surface area contributed by atoms with Crippen LogP contribution in [0.5, 0.6) is 0 Å². The van der Waals surface area contributed by atoms with E-state index >= 15 is 0 Å². The van der Waals surface area contributed by atoms with E-state index in [1.807, 2.05) is 0 Å². The second-order valence-electron chi connectivity index (χ2n) is 6.70. The number of benzene rings is 2. The van der Waals surface area contributed by atoms with Crippen molar-refractivity contribution < 1.29 is 0 Å². The van der Waals surface area contributed by atoms with Crippen molar-refractivity contribution in [2.24, 2.45) is 0 Å². The zero-order valence-electron chi connectivity index (χ0n) is 14.2. The maximum absolute atomic E-state index is 3.80. The van der Waals surface area contributed by atoms with Crippen LogP contribution in [0.2, 0.25) is 0 Å². The molecule has 25 heavy (non-hydrogen) atoms. The molecule has 0 saturated carbocycles. The Morgan fingerprint density at radius 1 is 1.08 bits per heavy atom. The van der Waals surface area contributed by atoms with Crippen molar-refractivity contribution in [3.8, 4) is 0 Å². The lowest BCUT2D eigenvalue weighted by Crippen LogP contribution is -2.24. The number of rotatable bonds is 4. The molecular weight excluding hydrogens is 396 g/mol. The van der Waals surface area contributed by atoms with Crippen molar-refractivity contribution in [2.45, 2.75) is 38.1 Å². The highest BCUT2D eigenvalue weighted by Crippen LogP contribution is 2.34. The highest BCUT2D eigenvalue weighted by Gasteiger charge is 2.22. The summed E-state index contributed by atoms with van der Waals surface area (Å²) in [5.41, 5.74) is 5.59. The van der Waals surface area contributed by atoms with Gasteiger partial charge in [0, 0.05) is 27.1 Å². The highest BCUT2D eigenvalue weighted by molar-refractivity contribution is 9.10. The van der Waals surface area contributed by atoms with E-state index in [1.54, 1.807) is 0 Å². The van der Waals surface area contributed by atoms with E-state index in [-0.39, 0.29) is 12.4 Å². The Labute approximate surface area is 163 Å². The first-order valence-corrected chi connectivity index (χ1v) is 9.68. The van der Waals surface area contributed by atoms with Gasteiger partial charge in [-0.1, -0.05) is 52.7 Å². The van der Waals surface area contributed by atoms with Crippen LogP contribution >= 0.6 is 28.3 Å². The van der Waals surface area contributed by atoms with Crippen molar-refractivity contribution in [1.82, 2.24) is 10.3 Å². The number of fused-ring (bicyclic) bond motifs is 3. The molecule has 1 unspecified atom stereocenters. The van der Waals surface area contributed by atoms with Crippen molar-refractivity contribution in [1.29, 1.82) is 0 Å². The Hall–Kier alpha value is -1.29. The minimum Gasteiger partial charge on any atom is -0.357 e. The molecule has 0 bridgehead atoms. The Morgan fingerprint density at radius 2 is 1.92 bits per heavy atom. The molecule has 3 aromatic rings. The van der Waals surface area contributed by atoms with Crippen LogP contribution < -0.4 is 5.32 Å². The molecule has 2 nitrogen and oxygen atoms in total. The van der Waals surface area contributed by atoms with E-state index in [9.17, 15) is 0 Å². The Morgan fingerprint density at radius 3 is 2.76 bits per heavy atom. The molecule has 1 aliphatic rings. The number of hydrogen-bond acceptors (Lipinski definition) is 1. The molecule has 0 aliphatic heterocycles. The lowest BCUT2D eigenvalue weighted by atomic mass is 10.0. The average molecular weight is 420 g/mol. The van der Waals surface area contributed by atoms with Gasteiger partial charge < -0.3 is 10.3 Å². The SMILES string of the molecule is Brc1ccc2[nH]c3c(c2c1)CCCCC3NCCc1ccccc1.Cl. The number of H-pyrrole nitrogens is 1. The van der Waals surface area contributed by atoms with Gasteiger partial charge in [0.1, 0.15) is 0 Å². The molecule has 0 saturated heterocycles. The summed E-state index contributed by atoms with van der Waals surface area (Å²) in [6.07, 6.45) is 6.06. The summed E-state index contributed by atoms with van der Waals surface area (Å²) in [5.74, 6) is 0. The Kier molecular flexibility index (Phi) is 6.21. The largest absolute Gasteiger partial charge is 0.357 e. The van der Waals surface area contributed by atoms with Gasteiger partial charge in [0.2, 0.25) is 0 Å². The van der Waals surface area contributed by atoms with Gasteiger partial charge in [0.05, 0.1) is 0 Å². The van der Waals surface area contributed by atoms with Crippen molar-refractivity contribution in [3.63, 3.8) is 0 Å². The topological polar surface area (TPSA) is 27.8 Å². The molecule has 0 fully saturated rings. The molecule has 1 aliphatic carbocycles. The number of aromatic nitrogens is 1. The van der Waals surface area contributed by atoms with E-state index in [0.717, 1.165) is 17.4 Å². The predicted octanol–water partition coefficient (Wildman–Crippen LogP) is 5.95. The average Bonchev–Trinajstić information content (AvgIpc) is 2.83. The van der Waals surface area contributed by atoms with Gasteiger partial charge in [-0.25, -0.2) is 0 Å². The number of aryl methyl sites for hydroxylation is 1. The first-order chi connectivity index (χ1) is 11.8. The minimum atomic E-state index is 0. The number of hydrogen-bond donors (Lipinski definition) is 2. The zero-order chi connectivity index (χ0) is 16.4. The molecule has 4 heteroatoms. The van der Waals surface area contributed by atoms with Gasteiger partial charge >= 0.3 is 0 Å².